The van der Waals surface area contributed by atoms with E-state index in [4.69, 9.17) is 42.9 Å². The van der Waals surface area contributed by atoms with Crippen molar-refractivity contribution in [1.82, 2.24) is 15.7 Å². The molecule has 19 N–H and O–H groups in total. The molecule has 15 unspecified atom stereocenters. The van der Waals surface area contributed by atoms with E-state index in [0.29, 0.717) is 24.6 Å². The van der Waals surface area contributed by atoms with Gasteiger partial charge in [-0.15, -0.1) is 0 Å². The molecule has 15 atom stereocenters. The van der Waals surface area contributed by atoms with E-state index < -0.39 is 104 Å². The van der Waals surface area contributed by atoms with Gasteiger partial charge in [0.15, 0.2) is 6.29 Å². The second-order valence-electron chi connectivity index (χ2n) is 11.3. The van der Waals surface area contributed by atoms with Gasteiger partial charge in [0.1, 0.15) is 36.6 Å². The van der Waals surface area contributed by atoms with Crippen molar-refractivity contribution < 1.29 is 54.9 Å². The van der Waals surface area contributed by atoms with Crippen molar-refractivity contribution >= 4 is 6.03 Å². The first-order valence-electron chi connectivity index (χ1n) is 14.5. The van der Waals surface area contributed by atoms with Crippen LogP contribution in [0.1, 0.15) is 12.8 Å². The largest absolute Gasteiger partial charge is 0.394 e. The van der Waals surface area contributed by atoms with Crippen molar-refractivity contribution in [3.8, 4) is 0 Å². The first-order chi connectivity index (χ1) is 20.4. The average Bonchev–Trinajstić information content (AvgIpc) is 2.98. The molecule has 43 heavy (non-hydrogen) atoms. The zero-order valence-electron chi connectivity index (χ0n) is 23.9. The molecule has 2 saturated heterocycles. The topological polar surface area (TPSA) is 344 Å². The Labute approximate surface area is 249 Å². The van der Waals surface area contributed by atoms with Crippen LogP contribution in [0, 0.1) is 5.92 Å². The molecular formula is C24H50N8O11. The summed E-state index contributed by atoms with van der Waals surface area (Å²) in [6.45, 7) is -0.374. The van der Waals surface area contributed by atoms with Crippen LogP contribution in [0.25, 0.3) is 0 Å². The van der Waals surface area contributed by atoms with E-state index in [-0.39, 0.29) is 26.1 Å². The number of nitrogens with one attached hydrogen (secondary N) is 2. The monoisotopic (exact) mass is 626 g/mol. The van der Waals surface area contributed by atoms with Crippen LogP contribution in [0.4, 0.5) is 4.79 Å². The number of carbonyl (C=O) groups is 1. The molecule has 252 valence electrons. The number of aliphatic hydroxyl groups is 6. The maximum atomic E-state index is 12.7. The zero-order valence-corrected chi connectivity index (χ0v) is 23.9. The van der Waals surface area contributed by atoms with Gasteiger partial charge in [-0.25, -0.2) is 9.86 Å². The van der Waals surface area contributed by atoms with Crippen LogP contribution in [0.15, 0.2) is 0 Å². The maximum absolute atomic E-state index is 12.7. The Balaban J connectivity index is 1.95. The summed E-state index contributed by atoms with van der Waals surface area (Å²) in [4.78, 5) is 12.7. The van der Waals surface area contributed by atoms with E-state index in [1.165, 1.54) is 0 Å². The second kappa shape index (κ2) is 16.3. The Kier molecular flexibility index (Phi) is 13.7. The highest BCUT2D eigenvalue weighted by molar-refractivity contribution is 5.73. The maximum Gasteiger partial charge on any atom is 0.341 e. The molecule has 2 heterocycles. The highest BCUT2D eigenvalue weighted by atomic mass is 16.7. The quantitative estimate of drug-likeness (QED) is 0.0543. The Morgan fingerprint density at radius 3 is 2.23 bits per heavy atom. The minimum atomic E-state index is -1.61. The zero-order chi connectivity index (χ0) is 32.0. The second-order valence-corrected chi connectivity index (χ2v) is 11.3. The van der Waals surface area contributed by atoms with Gasteiger partial charge < -0.3 is 84.2 Å². The van der Waals surface area contributed by atoms with Gasteiger partial charge in [0.05, 0.1) is 49.6 Å². The number of ether oxygens (including phenoxy) is 3. The normalized spacial score (nSPS) is 43.8. The Bertz CT molecular complexity index is 868. The van der Waals surface area contributed by atoms with Crippen molar-refractivity contribution in [2.75, 3.05) is 39.3 Å². The lowest BCUT2D eigenvalue weighted by atomic mass is 9.71. The Hall–Kier alpha value is -1.37. The first-order valence-corrected chi connectivity index (χ1v) is 14.5. The number of rotatable bonds is 12. The molecule has 1 aliphatic carbocycles. The van der Waals surface area contributed by atoms with Crippen LogP contribution in [0.3, 0.4) is 0 Å². The number of aliphatic hydroxyl groups excluding tert-OH is 6. The van der Waals surface area contributed by atoms with E-state index in [0.717, 1.165) is 0 Å². The average molecular weight is 627 g/mol. The number of nitrogens with two attached hydrogens (primary N) is 5. The van der Waals surface area contributed by atoms with Crippen LogP contribution in [-0.2, 0) is 14.2 Å². The predicted octanol–water partition coefficient (Wildman–Crippen LogP) is -7.67. The molecule has 0 aromatic rings. The Morgan fingerprint density at radius 1 is 0.930 bits per heavy atom. The third-order valence-corrected chi connectivity index (χ3v) is 8.42. The smallest absolute Gasteiger partial charge is 0.341 e. The summed E-state index contributed by atoms with van der Waals surface area (Å²) in [7, 11) is 0. The van der Waals surface area contributed by atoms with Crippen LogP contribution in [-0.4, -0.2) is 172 Å². The number of nitrogens with zero attached hydrogens (tertiary/aromatic N) is 1. The third-order valence-electron chi connectivity index (χ3n) is 8.42. The lowest BCUT2D eigenvalue weighted by Crippen LogP contribution is -2.72. The molecule has 1 saturated carbocycles. The molecular weight excluding hydrogens is 576 g/mol. The van der Waals surface area contributed by atoms with Gasteiger partial charge in [-0.05, 0) is 25.9 Å². The summed E-state index contributed by atoms with van der Waals surface area (Å²) in [6, 6.07) is -5.18. The lowest BCUT2D eigenvalue weighted by molar-refractivity contribution is -0.307. The number of hydrogen-bond donors (Lipinski definition) is 14. The third kappa shape index (κ3) is 8.08. The molecule has 0 radical (unpaired) electrons. The number of amides is 2. The van der Waals surface area contributed by atoms with Crippen LogP contribution in [0.5, 0.6) is 0 Å². The minimum absolute atomic E-state index is 0.0440. The van der Waals surface area contributed by atoms with Gasteiger partial charge in [0.2, 0.25) is 0 Å². The van der Waals surface area contributed by atoms with Crippen molar-refractivity contribution in [2.24, 2.45) is 34.6 Å². The van der Waals surface area contributed by atoms with Gasteiger partial charge in [-0.1, -0.05) is 0 Å². The number of carbonyl (C=O) groups excluding carboxylic acids is 1. The van der Waals surface area contributed by atoms with E-state index in [1.54, 1.807) is 0 Å². The fraction of sp³-hybridized carbons (Fsp3) is 0.958. The lowest BCUT2D eigenvalue weighted by Gasteiger charge is -2.53. The fourth-order valence-electron chi connectivity index (χ4n) is 6.02. The van der Waals surface area contributed by atoms with Crippen LogP contribution < -0.4 is 39.3 Å². The summed E-state index contributed by atoms with van der Waals surface area (Å²) < 4.78 is 17.7. The SMILES string of the molecule is NCCCNC1C(O)C(O)C(CN)OC1C1C(N)CC(NC(=O)N(O)CCN)C(OC2OC(CO)C(O)C(N)C2O)C1O. The molecule has 0 aromatic heterocycles. The number of hydrogen-bond acceptors (Lipinski definition) is 17. The molecule has 0 aromatic carbocycles. The fourth-order valence-corrected chi connectivity index (χ4v) is 6.02. The van der Waals surface area contributed by atoms with E-state index in [2.05, 4.69) is 10.6 Å². The van der Waals surface area contributed by atoms with E-state index in [9.17, 15) is 40.6 Å². The summed E-state index contributed by atoms with van der Waals surface area (Å²) in [5, 5.41) is 80.1. The van der Waals surface area contributed by atoms with Crippen molar-refractivity contribution in [1.29, 1.82) is 0 Å². The molecule has 3 aliphatic rings. The summed E-state index contributed by atoms with van der Waals surface area (Å²) in [5.74, 6) is -1.01. The van der Waals surface area contributed by atoms with Gasteiger partial charge >= 0.3 is 6.03 Å². The van der Waals surface area contributed by atoms with Crippen molar-refractivity contribution in [2.45, 2.75) is 98.2 Å². The van der Waals surface area contributed by atoms with E-state index >= 15 is 0 Å². The van der Waals surface area contributed by atoms with Crippen LogP contribution in [0.2, 0.25) is 0 Å². The predicted molar refractivity (Wildman–Crippen MR) is 148 cm³/mol. The standard InChI is InChI=1S/C24H50N8O11/c25-2-1-4-30-15-20(38)17(35)11(7-27)41-22(15)13-9(28)6-10(31-24(39)32(40)5-3-26)21(18(13)36)43-23-19(37)14(29)16(34)12(8-33)42-23/h9-23,30,33-38,40H,1-8,25-29H2,(H,31,39). The highest BCUT2D eigenvalue weighted by Gasteiger charge is 2.56. The number of urea groups is 1. The van der Waals surface area contributed by atoms with Crippen molar-refractivity contribution in [3.05, 3.63) is 0 Å². The first kappa shape index (κ1) is 36.1. The van der Waals surface area contributed by atoms with Gasteiger partial charge in [-0.2, -0.15) is 0 Å². The molecule has 3 fully saturated rings. The van der Waals surface area contributed by atoms with E-state index in [1.807, 2.05) is 0 Å². The van der Waals surface area contributed by atoms with Crippen LogP contribution >= 0.6 is 0 Å². The van der Waals surface area contributed by atoms with Gasteiger partial charge in [0.25, 0.3) is 0 Å². The number of hydroxylamine groups is 2. The molecule has 19 heteroatoms. The molecule has 2 amide bonds. The molecule has 0 spiro atoms. The molecule has 2 aliphatic heterocycles. The summed E-state index contributed by atoms with van der Waals surface area (Å²) >= 11 is 0. The van der Waals surface area contributed by atoms with Gasteiger partial charge in [-0.3, -0.25) is 5.21 Å². The molecule has 0 bridgehead atoms. The van der Waals surface area contributed by atoms with Gasteiger partial charge in [0, 0.05) is 25.0 Å². The van der Waals surface area contributed by atoms with Crippen molar-refractivity contribution in [3.63, 3.8) is 0 Å². The molecule has 19 nitrogen and oxygen atoms in total. The summed E-state index contributed by atoms with van der Waals surface area (Å²) in [5.41, 5.74) is 29.3. The highest BCUT2D eigenvalue weighted by Crippen LogP contribution is 2.37. The summed E-state index contributed by atoms with van der Waals surface area (Å²) in [6.07, 6.45) is -13.1. The Morgan fingerprint density at radius 2 is 1.63 bits per heavy atom. The molecule has 3 rings (SSSR count). The minimum Gasteiger partial charge on any atom is -0.394 e.